The highest BCUT2D eigenvalue weighted by Crippen LogP contribution is 2.49. The third kappa shape index (κ3) is 3.42. The number of rotatable bonds is 4. The predicted octanol–water partition coefficient (Wildman–Crippen LogP) is 4.07. The van der Waals surface area contributed by atoms with Crippen LogP contribution in [0.25, 0.3) is 21.3 Å². The normalized spacial score (nSPS) is 18.1. The quantitative estimate of drug-likeness (QED) is 0.660. The van der Waals surface area contributed by atoms with Crippen LogP contribution in [-0.4, -0.2) is 34.3 Å². The monoisotopic (exact) mass is 388 g/mol. The molecule has 1 aliphatic carbocycles. The van der Waals surface area contributed by atoms with Gasteiger partial charge in [-0.2, -0.15) is 0 Å². The zero-order chi connectivity index (χ0) is 19.2. The molecule has 0 bridgehead atoms. The highest BCUT2D eigenvalue weighted by Gasteiger charge is 2.48. The Hall–Kier alpha value is -2.45. The number of fused-ring (bicyclic) bond motifs is 1. The Balaban J connectivity index is 1.64. The molecule has 1 unspecified atom stereocenters. The van der Waals surface area contributed by atoms with Crippen LogP contribution in [0.1, 0.15) is 29.4 Å². The molecular formula is C19H18F2N4OS. The molecule has 3 N–H and O–H groups in total. The molecule has 1 atom stereocenters. The summed E-state index contributed by atoms with van der Waals surface area (Å²) in [6.45, 7) is 0. The number of anilines is 1. The molecule has 4 rings (SSSR count). The van der Waals surface area contributed by atoms with Crippen molar-refractivity contribution in [3.63, 3.8) is 0 Å². The second kappa shape index (κ2) is 6.61. The van der Waals surface area contributed by atoms with E-state index in [1.165, 1.54) is 11.3 Å². The van der Waals surface area contributed by atoms with Gasteiger partial charge in [-0.1, -0.05) is 0 Å². The van der Waals surface area contributed by atoms with E-state index in [4.69, 9.17) is 5.73 Å². The molecule has 0 aliphatic heterocycles. The standard InChI is InChI=1S/C19H18F2N4OS/c1-23-7-13-3-12(8-24-17(13)22)11-2-10-4-15(27-18(10)25-9-11)16(26)14-5-19(20,21)6-14/h2-4,7-9,14,16,26H,5-6H2,1H3,(H2,22,24). The van der Waals surface area contributed by atoms with Gasteiger partial charge in [0.2, 0.25) is 5.92 Å². The Bertz CT molecular complexity index is 1030. The lowest BCUT2D eigenvalue weighted by atomic mass is 9.77. The third-order valence-electron chi connectivity index (χ3n) is 4.80. The van der Waals surface area contributed by atoms with Crippen molar-refractivity contribution < 1.29 is 13.9 Å². The van der Waals surface area contributed by atoms with Crippen molar-refractivity contribution >= 4 is 33.6 Å². The van der Waals surface area contributed by atoms with Gasteiger partial charge in [0.05, 0.1) is 6.10 Å². The van der Waals surface area contributed by atoms with E-state index in [9.17, 15) is 13.9 Å². The molecule has 3 aromatic rings. The molecule has 0 saturated heterocycles. The Morgan fingerprint density at radius 1 is 1.26 bits per heavy atom. The topological polar surface area (TPSA) is 84.4 Å². The van der Waals surface area contributed by atoms with Crippen LogP contribution >= 0.6 is 11.3 Å². The second-order valence-electron chi connectivity index (χ2n) is 6.82. The average molecular weight is 388 g/mol. The molecule has 3 aromatic heterocycles. The molecule has 0 aromatic carbocycles. The van der Waals surface area contributed by atoms with Crippen LogP contribution < -0.4 is 5.73 Å². The molecule has 1 fully saturated rings. The smallest absolute Gasteiger partial charge is 0.248 e. The van der Waals surface area contributed by atoms with Crippen LogP contribution in [0, 0.1) is 5.92 Å². The number of aromatic nitrogens is 2. The molecule has 3 heterocycles. The highest BCUT2D eigenvalue weighted by molar-refractivity contribution is 7.18. The van der Waals surface area contributed by atoms with E-state index in [-0.39, 0.29) is 12.8 Å². The maximum absolute atomic E-state index is 13.1. The van der Waals surface area contributed by atoms with Gasteiger partial charge in [-0.15, -0.1) is 11.3 Å². The third-order valence-corrected chi connectivity index (χ3v) is 5.93. The first-order valence-electron chi connectivity index (χ1n) is 8.50. The van der Waals surface area contributed by atoms with Gasteiger partial charge in [0.1, 0.15) is 10.6 Å². The number of pyridine rings is 2. The van der Waals surface area contributed by atoms with Gasteiger partial charge in [-0.25, -0.2) is 18.7 Å². The second-order valence-corrected chi connectivity index (χ2v) is 7.88. The van der Waals surface area contributed by atoms with Crippen molar-refractivity contribution in [3.8, 4) is 11.1 Å². The van der Waals surface area contributed by atoms with Gasteiger partial charge in [0.25, 0.3) is 0 Å². The van der Waals surface area contributed by atoms with Crippen molar-refractivity contribution in [3.05, 3.63) is 41.0 Å². The van der Waals surface area contributed by atoms with Gasteiger partial charge in [-0.05, 0) is 18.2 Å². The fourth-order valence-corrected chi connectivity index (χ4v) is 4.38. The van der Waals surface area contributed by atoms with E-state index < -0.39 is 17.9 Å². The summed E-state index contributed by atoms with van der Waals surface area (Å²) in [5.41, 5.74) is 8.28. The summed E-state index contributed by atoms with van der Waals surface area (Å²) >= 11 is 1.34. The molecule has 27 heavy (non-hydrogen) atoms. The first-order valence-corrected chi connectivity index (χ1v) is 9.31. The summed E-state index contributed by atoms with van der Waals surface area (Å²) in [6, 6.07) is 5.66. The van der Waals surface area contributed by atoms with Crippen molar-refractivity contribution in [2.75, 3.05) is 12.8 Å². The molecule has 0 spiro atoms. The zero-order valence-electron chi connectivity index (χ0n) is 14.6. The summed E-state index contributed by atoms with van der Waals surface area (Å²) in [7, 11) is 1.66. The minimum atomic E-state index is -2.64. The van der Waals surface area contributed by atoms with E-state index in [2.05, 4.69) is 15.0 Å². The zero-order valence-corrected chi connectivity index (χ0v) is 15.4. The van der Waals surface area contributed by atoms with Crippen LogP contribution in [0.15, 0.2) is 35.6 Å². The number of thiophene rings is 1. The summed E-state index contributed by atoms with van der Waals surface area (Å²) in [6.07, 6.45) is 3.64. The SMILES string of the molecule is CN=Cc1cc(-c2cnc3sc(C(O)C4CC(F)(F)C4)cc3c2)cnc1N. The first kappa shape index (κ1) is 17.9. The molecule has 1 aliphatic rings. The van der Waals surface area contributed by atoms with Gasteiger partial charge in [-0.3, -0.25) is 4.99 Å². The minimum Gasteiger partial charge on any atom is -0.387 e. The number of aliphatic hydroxyl groups is 1. The molecule has 0 amide bonds. The number of hydrogen-bond donors (Lipinski definition) is 2. The van der Waals surface area contributed by atoms with Crippen LogP contribution in [0.2, 0.25) is 0 Å². The van der Waals surface area contributed by atoms with Gasteiger partial charge < -0.3 is 10.8 Å². The number of alkyl halides is 2. The largest absolute Gasteiger partial charge is 0.387 e. The Morgan fingerprint density at radius 2 is 1.96 bits per heavy atom. The van der Waals surface area contributed by atoms with Crippen LogP contribution in [0.5, 0.6) is 0 Å². The van der Waals surface area contributed by atoms with Crippen molar-refractivity contribution in [2.24, 2.45) is 10.9 Å². The van der Waals surface area contributed by atoms with E-state index >= 15 is 0 Å². The lowest BCUT2D eigenvalue weighted by molar-refractivity contribution is -0.141. The van der Waals surface area contributed by atoms with Crippen LogP contribution in [0.3, 0.4) is 0 Å². The summed E-state index contributed by atoms with van der Waals surface area (Å²) < 4.78 is 26.2. The number of aliphatic hydroxyl groups excluding tert-OH is 1. The molecule has 0 radical (unpaired) electrons. The highest BCUT2D eigenvalue weighted by atomic mass is 32.1. The van der Waals surface area contributed by atoms with E-state index in [1.807, 2.05) is 18.2 Å². The first-order chi connectivity index (χ1) is 12.9. The number of aliphatic imine (C=N–C) groups is 1. The number of nitrogen functional groups attached to an aromatic ring is 1. The van der Waals surface area contributed by atoms with Crippen LogP contribution in [0.4, 0.5) is 14.6 Å². The average Bonchev–Trinajstić information content (AvgIpc) is 3.04. The summed E-state index contributed by atoms with van der Waals surface area (Å²) in [5, 5.41) is 11.3. The van der Waals surface area contributed by atoms with Gasteiger partial charge in [0, 0.05) is 71.4 Å². The van der Waals surface area contributed by atoms with E-state index in [1.54, 1.807) is 25.7 Å². The Labute approximate surface area is 158 Å². The van der Waals surface area contributed by atoms with Crippen molar-refractivity contribution in [1.29, 1.82) is 0 Å². The van der Waals surface area contributed by atoms with E-state index in [0.717, 1.165) is 26.9 Å². The molecule has 140 valence electrons. The predicted molar refractivity (Wildman–Crippen MR) is 103 cm³/mol. The van der Waals surface area contributed by atoms with Crippen LogP contribution in [-0.2, 0) is 0 Å². The number of nitrogens with two attached hydrogens (primary N) is 1. The number of halogens is 2. The lowest BCUT2D eigenvalue weighted by Crippen LogP contribution is -2.38. The minimum absolute atomic E-state index is 0.264. The fourth-order valence-electron chi connectivity index (χ4n) is 3.31. The molecule has 8 heteroatoms. The lowest BCUT2D eigenvalue weighted by Gasteiger charge is -2.37. The Kier molecular flexibility index (Phi) is 4.39. The van der Waals surface area contributed by atoms with Gasteiger partial charge in [0.15, 0.2) is 0 Å². The maximum atomic E-state index is 13.1. The molecular weight excluding hydrogens is 370 g/mol. The Morgan fingerprint density at radius 3 is 2.67 bits per heavy atom. The fraction of sp³-hybridized carbons (Fsp3) is 0.316. The summed E-state index contributed by atoms with van der Waals surface area (Å²) in [5.74, 6) is -2.64. The molecule has 1 saturated carbocycles. The van der Waals surface area contributed by atoms with E-state index in [0.29, 0.717) is 10.7 Å². The number of hydrogen-bond acceptors (Lipinski definition) is 6. The van der Waals surface area contributed by atoms with Crippen molar-refractivity contribution in [2.45, 2.75) is 24.9 Å². The maximum Gasteiger partial charge on any atom is 0.248 e. The van der Waals surface area contributed by atoms with Gasteiger partial charge >= 0.3 is 0 Å². The molecule has 5 nitrogen and oxygen atoms in total. The van der Waals surface area contributed by atoms with Crippen molar-refractivity contribution in [1.82, 2.24) is 9.97 Å². The number of nitrogens with zero attached hydrogens (tertiary/aromatic N) is 3. The summed E-state index contributed by atoms with van der Waals surface area (Å²) in [4.78, 5) is 14.1.